The normalized spacial score (nSPS) is 16.7. The van der Waals surface area contributed by atoms with Crippen molar-refractivity contribution in [3.8, 4) is 0 Å². The fourth-order valence-corrected chi connectivity index (χ4v) is 2.67. The lowest BCUT2D eigenvalue weighted by Gasteiger charge is -2.10. The molecule has 0 spiro atoms. The van der Waals surface area contributed by atoms with E-state index in [2.05, 4.69) is 36.7 Å². The minimum absolute atomic E-state index is 0.0482. The third-order valence-corrected chi connectivity index (χ3v) is 4.04. The summed E-state index contributed by atoms with van der Waals surface area (Å²) in [5.74, 6) is 0.793. The fraction of sp³-hybridized carbons (Fsp3) is 0.375. The van der Waals surface area contributed by atoms with Crippen LogP contribution >= 0.6 is 0 Å². The number of aliphatic hydroxyl groups excluding tert-OH is 1. The third-order valence-electron chi connectivity index (χ3n) is 4.04. The van der Waals surface area contributed by atoms with Crippen LogP contribution in [0.15, 0.2) is 30.5 Å². The van der Waals surface area contributed by atoms with E-state index in [-0.39, 0.29) is 5.76 Å². The average Bonchev–Trinajstić information content (AvgIpc) is 3.16. The monoisotopic (exact) mass is 256 g/mol. The lowest BCUT2D eigenvalue weighted by Crippen LogP contribution is -2.24. The zero-order chi connectivity index (χ0) is 13.6. The first-order valence-electron chi connectivity index (χ1n) is 6.80. The number of benzene rings is 1. The second kappa shape index (κ2) is 4.42. The number of H-pyrrole nitrogens is 1. The van der Waals surface area contributed by atoms with Crippen LogP contribution in [0.1, 0.15) is 35.6 Å². The van der Waals surface area contributed by atoms with Crippen LogP contribution in [0, 0.1) is 6.92 Å². The van der Waals surface area contributed by atoms with Crippen molar-refractivity contribution in [2.24, 2.45) is 5.73 Å². The van der Waals surface area contributed by atoms with Gasteiger partial charge in [-0.15, -0.1) is 0 Å². The lowest BCUT2D eigenvalue weighted by atomic mass is 10.00. The van der Waals surface area contributed by atoms with E-state index in [1.807, 2.05) is 0 Å². The highest BCUT2D eigenvalue weighted by Gasteiger charge is 2.24. The van der Waals surface area contributed by atoms with Crippen LogP contribution in [0.4, 0.5) is 0 Å². The summed E-state index contributed by atoms with van der Waals surface area (Å²) in [5.41, 5.74) is 10.8. The Morgan fingerprint density at radius 3 is 2.89 bits per heavy atom. The van der Waals surface area contributed by atoms with E-state index in [0.717, 1.165) is 17.1 Å². The molecule has 0 bridgehead atoms. The van der Waals surface area contributed by atoms with Crippen molar-refractivity contribution in [2.45, 2.75) is 38.1 Å². The highest BCUT2D eigenvalue weighted by Crippen LogP contribution is 2.41. The maximum atomic E-state index is 9.41. The number of nitrogens with two attached hydrogens (primary N) is 1. The molecule has 1 aromatic heterocycles. The Labute approximate surface area is 113 Å². The summed E-state index contributed by atoms with van der Waals surface area (Å²) in [7, 11) is 0. The number of aliphatic hydroxyl groups is 1. The van der Waals surface area contributed by atoms with E-state index >= 15 is 0 Å². The Morgan fingerprint density at radius 2 is 2.26 bits per heavy atom. The second-order valence-electron chi connectivity index (χ2n) is 5.61. The Hall–Kier alpha value is -1.74. The topological polar surface area (TPSA) is 62.0 Å². The predicted octanol–water partition coefficient (Wildman–Crippen LogP) is 3.30. The summed E-state index contributed by atoms with van der Waals surface area (Å²) >= 11 is 0. The number of fused-ring (bicyclic) bond motifs is 1. The maximum Gasteiger partial charge on any atom is 0.102 e. The number of aromatic nitrogens is 1. The fourth-order valence-electron chi connectivity index (χ4n) is 2.67. The molecule has 1 aromatic carbocycles. The molecule has 0 aliphatic heterocycles. The molecule has 2 aromatic rings. The van der Waals surface area contributed by atoms with Crippen molar-refractivity contribution in [1.29, 1.82) is 0 Å². The average molecular weight is 256 g/mol. The molecule has 4 N–H and O–H groups in total. The predicted molar refractivity (Wildman–Crippen MR) is 78.5 cm³/mol. The van der Waals surface area contributed by atoms with Crippen LogP contribution in [-0.2, 0) is 6.42 Å². The molecular weight excluding hydrogens is 236 g/mol. The van der Waals surface area contributed by atoms with Gasteiger partial charge in [0.15, 0.2) is 0 Å². The highest BCUT2D eigenvalue weighted by molar-refractivity contribution is 5.85. The molecule has 3 rings (SSSR count). The Kier molecular flexibility index (Phi) is 2.86. The number of nitrogens with one attached hydrogen (secondary N) is 1. The molecule has 3 heteroatoms. The smallest absolute Gasteiger partial charge is 0.102 e. The standard InChI is InChI=1S/C16H20N2O/c1-9-13(8-15(17)10(2)19)14-7-12(11-3-4-11)5-6-16(14)18-9/h5-7,11,15,18-19H,2-4,8,17H2,1H3. The van der Waals surface area contributed by atoms with Gasteiger partial charge in [0.1, 0.15) is 5.76 Å². The second-order valence-corrected chi connectivity index (χ2v) is 5.61. The summed E-state index contributed by atoms with van der Waals surface area (Å²) in [4.78, 5) is 3.39. The van der Waals surface area contributed by atoms with Gasteiger partial charge in [-0.2, -0.15) is 0 Å². The SMILES string of the molecule is C=C(O)C(N)Cc1c(C)[nH]c2ccc(C3CC3)cc12. The van der Waals surface area contributed by atoms with Gasteiger partial charge >= 0.3 is 0 Å². The molecule has 1 unspecified atom stereocenters. The molecule has 0 radical (unpaired) electrons. The van der Waals surface area contributed by atoms with E-state index in [1.54, 1.807) is 0 Å². The summed E-state index contributed by atoms with van der Waals surface area (Å²) < 4.78 is 0. The molecular formula is C16H20N2O. The van der Waals surface area contributed by atoms with Crippen molar-refractivity contribution in [3.05, 3.63) is 47.4 Å². The first-order chi connectivity index (χ1) is 9.06. The zero-order valence-electron chi connectivity index (χ0n) is 11.2. The highest BCUT2D eigenvalue weighted by atomic mass is 16.3. The van der Waals surface area contributed by atoms with Gasteiger partial charge in [-0.3, -0.25) is 0 Å². The lowest BCUT2D eigenvalue weighted by molar-refractivity contribution is 0.368. The van der Waals surface area contributed by atoms with Crippen LogP contribution < -0.4 is 5.73 Å². The number of aryl methyl sites for hydroxylation is 1. The van der Waals surface area contributed by atoms with Crippen molar-refractivity contribution >= 4 is 10.9 Å². The van der Waals surface area contributed by atoms with Crippen LogP contribution in [0.3, 0.4) is 0 Å². The summed E-state index contributed by atoms with van der Waals surface area (Å²) in [5, 5.41) is 10.6. The van der Waals surface area contributed by atoms with E-state index in [0.29, 0.717) is 6.42 Å². The first kappa shape index (κ1) is 12.3. The number of hydrogen-bond donors (Lipinski definition) is 3. The van der Waals surface area contributed by atoms with Crippen LogP contribution in [-0.4, -0.2) is 16.1 Å². The Morgan fingerprint density at radius 1 is 1.53 bits per heavy atom. The Balaban J connectivity index is 2.03. The van der Waals surface area contributed by atoms with Crippen molar-refractivity contribution < 1.29 is 5.11 Å². The van der Waals surface area contributed by atoms with Gasteiger partial charge < -0.3 is 15.8 Å². The summed E-state index contributed by atoms with van der Waals surface area (Å²) in [6, 6.07) is 6.24. The number of aromatic amines is 1. The molecule has 0 amide bonds. The quantitative estimate of drug-likeness (QED) is 0.735. The molecule has 1 fully saturated rings. The molecule has 1 saturated carbocycles. The largest absolute Gasteiger partial charge is 0.511 e. The minimum Gasteiger partial charge on any atom is -0.511 e. The van der Waals surface area contributed by atoms with Gasteiger partial charge in [-0.05, 0) is 55.4 Å². The van der Waals surface area contributed by atoms with Crippen molar-refractivity contribution in [3.63, 3.8) is 0 Å². The van der Waals surface area contributed by atoms with Crippen molar-refractivity contribution in [1.82, 2.24) is 4.98 Å². The van der Waals surface area contributed by atoms with Crippen LogP contribution in [0.25, 0.3) is 10.9 Å². The molecule has 1 aliphatic rings. The zero-order valence-corrected chi connectivity index (χ0v) is 11.2. The van der Waals surface area contributed by atoms with E-state index in [9.17, 15) is 5.11 Å². The van der Waals surface area contributed by atoms with E-state index in [1.165, 1.54) is 29.4 Å². The maximum absolute atomic E-state index is 9.41. The minimum atomic E-state index is -0.401. The van der Waals surface area contributed by atoms with E-state index < -0.39 is 6.04 Å². The number of rotatable bonds is 4. The van der Waals surface area contributed by atoms with Gasteiger partial charge in [0.2, 0.25) is 0 Å². The van der Waals surface area contributed by atoms with Crippen LogP contribution in [0.2, 0.25) is 0 Å². The van der Waals surface area contributed by atoms with Gasteiger partial charge in [-0.1, -0.05) is 12.6 Å². The summed E-state index contributed by atoms with van der Waals surface area (Å²) in [6.07, 6.45) is 3.23. The first-order valence-corrected chi connectivity index (χ1v) is 6.80. The van der Waals surface area contributed by atoms with Crippen molar-refractivity contribution in [2.75, 3.05) is 0 Å². The third kappa shape index (κ3) is 2.26. The Bertz CT molecular complexity index is 637. The van der Waals surface area contributed by atoms with E-state index in [4.69, 9.17) is 5.73 Å². The number of hydrogen-bond acceptors (Lipinski definition) is 2. The molecule has 1 aliphatic carbocycles. The van der Waals surface area contributed by atoms with Gasteiger partial charge in [0.05, 0.1) is 6.04 Å². The van der Waals surface area contributed by atoms with Gasteiger partial charge in [0, 0.05) is 16.6 Å². The molecule has 19 heavy (non-hydrogen) atoms. The van der Waals surface area contributed by atoms with Crippen LogP contribution in [0.5, 0.6) is 0 Å². The molecule has 1 heterocycles. The van der Waals surface area contributed by atoms with Gasteiger partial charge in [0.25, 0.3) is 0 Å². The molecule has 1 atom stereocenters. The summed E-state index contributed by atoms with van der Waals surface area (Å²) in [6.45, 7) is 5.58. The molecule has 3 nitrogen and oxygen atoms in total. The molecule has 100 valence electrons. The molecule has 0 saturated heterocycles. The van der Waals surface area contributed by atoms with Gasteiger partial charge in [-0.25, -0.2) is 0 Å².